The quantitative estimate of drug-likeness (QED) is 0.835. The molecule has 2 atom stereocenters. The molecule has 1 aromatic heterocycles. The Hall–Kier alpha value is -1.42. The smallest absolute Gasteiger partial charge is 0.253 e. The van der Waals surface area contributed by atoms with Crippen molar-refractivity contribution >= 4 is 5.91 Å². The molecular formula is C14H21N3O. The van der Waals surface area contributed by atoms with Crippen LogP contribution in [0.5, 0.6) is 0 Å². The minimum Gasteiger partial charge on any atom is -0.348 e. The Kier molecular flexibility index (Phi) is 3.97. The van der Waals surface area contributed by atoms with Gasteiger partial charge in [-0.2, -0.15) is 0 Å². The monoisotopic (exact) mass is 247 g/mol. The van der Waals surface area contributed by atoms with Crippen LogP contribution in [0.4, 0.5) is 0 Å². The molecule has 1 aliphatic rings. The van der Waals surface area contributed by atoms with Gasteiger partial charge in [0.25, 0.3) is 5.91 Å². The predicted octanol–water partition coefficient (Wildman–Crippen LogP) is 1.70. The van der Waals surface area contributed by atoms with Gasteiger partial charge in [0.1, 0.15) is 0 Å². The number of aryl methyl sites for hydroxylation is 2. The summed E-state index contributed by atoms with van der Waals surface area (Å²) in [5.41, 5.74) is 8.39. The van der Waals surface area contributed by atoms with E-state index < -0.39 is 0 Å². The van der Waals surface area contributed by atoms with E-state index in [1.54, 1.807) is 0 Å². The predicted molar refractivity (Wildman–Crippen MR) is 71.4 cm³/mol. The molecule has 0 bridgehead atoms. The minimum atomic E-state index is -0.0534. The number of nitrogens with zero attached hydrogens (tertiary/aromatic N) is 1. The van der Waals surface area contributed by atoms with Crippen molar-refractivity contribution in [3.63, 3.8) is 0 Å². The number of carbonyl (C=O) groups excluding carboxylic acids is 1. The lowest BCUT2D eigenvalue weighted by atomic mass is 9.91. The van der Waals surface area contributed by atoms with E-state index >= 15 is 0 Å². The Morgan fingerprint density at radius 3 is 2.72 bits per heavy atom. The summed E-state index contributed by atoms with van der Waals surface area (Å²) in [7, 11) is 0. The summed E-state index contributed by atoms with van der Waals surface area (Å²) in [6.45, 7) is 3.79. The minimum absolute atomic E-state index is 0.0534. The average molecular weight is 247 g/mol. The van der Waals surface area contributed by atoms with Gasteiger partial charge in [-0.3, -0.25) is 9.78 Å². The third kappa shape index (κ3) is 2.88. The lowest BCUT2D eigenvalue weighted by Crippen LogP contribution is -2.49. The van der Waals surface area contributed by atoms with Crippen LogP contribution in [0.1, 0.15) is 47.4 Å². The third-order valence-corrected chi connectivity index (χ3v) is 3.61. The summed E-state index contributed by atoms with van der Waals surface area (Å²) < 4.78 is 0. The van der Waals surface area contributed by atoms with E-state index in [-0.39, 0.29) is 18.0 Å². The molecule has 1 amide bonds. The number of aromatic nitrogens is 1. The first-order valence-corrected chi connectivity index (χ1v) is 6.58. The zero-order valence-corrected chi connectivity index (χ0v) is 11.1. The number of amides is 1. The SMILES string of the molecule is Cc1ccc(C(=O)NC2CCCCC2N)c(C)n1. The molecule has 1 fully saturated rings. The van der Waals surface area contributed by atoms with Crippen LogP contribution in [0.2, 0.25) is 0 Å². The molecule has 1 aliphatic carbocycles. The number of nitrogens with two attached hydrogens (primary N) is 1. The molecule has 0 aliphatic heterocycles. The van der Waals surface area contributed by atoms with Crippen LogP contribution in [0.25, 0.3) is 0 Å². The summed E-state index contributed by atoms with van der Waals surface area (Å²) >= 11 is 0. The van der Waals surface area contributed by atoms with Crippen molar-refractivity contribution in [3.8, 4) is 0 Å². The van der Waals surface area contributed by atoms with Gasteiger partial charge in [-0.15, -0.1) is 0 Å². The third-order valence-electron chi connectivity index (χ3n) is 3.61. The Labute approximate surface area is 108 Å². The van der Waals surface area contributed by atoms with E-state index in [0.29, 0.717) is 5.56 Å². The lowest BCUT2D eigenvalue weighted by Gasteiger charge is -2.29. The highest BCUT2D eigenvalue weighted by Gasteiger charge is 2.24. The number of hydrogen-bond donors (Lipinski definition) is 2. The van der Waals surface area contributed by atoms with Gasteiger partial charge in [-0.25, -0.2) is 0 Å². The molecule has 4 heteroatoms. The maximum atomic E-state index is 12.2. The normalized spacial score (nSPS) is 23.7. The first-order valence-electron chi connectivity index (χ1n) is 6.58. The van der Waals surface area contributed by atoms with Crippen molar-refractivity contribution in [3.05, 3.63) is 29.1 Å². The second-order valence-electron chi connectivity index (χ2n) is 5.11. The fourth-order valence-electron chi connectivity index (χ4n) is 2.51. The Morgan fingerprint density at radius 2 is 2.06 bits per heavy atom. The van der Waals surface area contributed by atoms with E-state index in [4.69, 9.17) is 5.73 Å². The van der Waals surface area contributed by atoms with Crippen molar-refractivity contribution in [1.82, 2.24) is 10.3 Å². The standard InChI is InChI=1S/C14H21N3O/c1-9-7-8-11(10(2)16-9)14(18)17-13-6-4-3-5-12(13)15/h7-8,12-13H,3-6,15H2,1-2H3,(H,17,18). The Morgan fingerprint density at radius 1 is 1.33 bits per heavy atom. The van der Waals surface area contributed by atoms with Crippen molar-refractivity contribution in [1.29, 1.82) is 0 Å². The van der Waals surface area contributed by atoms with Gasteiger partial charge < -0.3 is 11.1 Å². The number of carbonyl (C=O) groups is 1. The van der Waals surface area contributed by atoms with Crippen LogP contribution < -0.4 is 11.1 Å². The van der Waals surface area contributed by atoms with E-state index in [0.717, 1.165) is 30.7 Å². The van der Waals surface area contributed by atoms with Crippen LogP contribution in [0.15, 0.2) is 12.1 Å². The summed E-state index contributed by atoms with van der Waals surface area (Å²) in [6, 6.07) is 3.89. The van der Waals surface area contributed by atoms with E-state index in [1.807, 2.05) is 26.0 Å². The molecule has 3 N–H and O–H groups in total. The van der Waals surface area contributed by atoms with E-state index in [9.17, 15) is 4.79 Å². The molecule has 0 aromatic carbocycles. The van der Waals surface area contributed by atoms with Gasteiger partial charge in [-0.05, 0) is 38.8 Å². The average Bonchev–Trinajstić information content (AvgIpc) is 2.32. The van der Waals surface area contributed by atoms with Crippen LogP contribution in [-0.4, -0.2) is 23.0 Å². The molecule has 0 spiro atoms. The fourth-order valence-corrected chi connectivity index (χ4v) is 2.51. The van der Waals surface area contributed by atoms with Crippen LogP contribution >= 0.6 is 0 Å². The maximum absolute atomic E-state index is 12.2. The van der Waals surface area contributed by atoms with Crippen LogP contribution in [0, 0.1) is 13.8 Å². The maximum Gasteiger partial charge on any atom is 0.253 e. The molecule has 18 heavy (non-hydrogen) atoms. The van der Waals surface area contributed by atoms with Gasteiger partial charge in [-0.1, -0.05) is 12.8 Å². The van der Waals surface area contributed by atoms with E-state index in [2.05, 4.69) is 10.3 Å². The van der Waals surface area contributed by atoms with Gasteiger partial charge in [0.15, 0.2) is 0 Å². The molecule has 0 saturated heterocycles. The molecule has 1 heterocycles. The molecule has 2 rings (SSSR count). The van der Waals surface area contributed by atoms with Gasteiger partial charge in [0.05, 0.1) is 11.3 Å². The Balaban J connectivity index is 2.07. The largest absolute Gasteiger partial charge is 0.348 e. The first kappa shape index (κ1) is 13.0. The summed E-state index contributed by atoms with van der Waals surface area (Å²) in [6.07, 6.45) is 4.28. The highest BCUT2D eigenvalue weighted by atomic mass is 16.1. The summed E-state index contributed by atoms with van der Waals surface area (Å²) in [5, 5.41) is 3.04. The Bertz CT molecular complexity index is 445. The summed E-state index contributed by atoms with van der Waals surface area (Å²) in [5.74, 6) is -0.0534. The highest BCUT2D eigenvalue weighted by molar-refractivity contribution is 5.95. The van der Waals surface area contributed by atoms with Crippen molar-refractivity contribution in [2.75, 3.05) is 0 Å². The number of pyridine rings is 1. The van der Waals surface area contributed by atoms with Gasteiger partial charge in [0.2, 0.25) is 0 Å². The molecule has 4 nitrogen and oxygen atoms in total. The lowest BCUT2D eigenvalue weighted by molar-refractivity contribution is 0.0920. The molecular weight excluding hydrogens is 226 g/mol. The zero-order chi connectivity index (χ0) is 13.1. The molecule has 0 radical (unpaired) electrons. The topological polar surface area (TPSA) is 68.0 Å². The van der Waals surface area contributed by atoms with Crippen molar-refractivity contribution in [2.45, 2.75) is 51.6 Å². The van der Waals surface area contributed by atoms with Gasteiger partial charge >= 0.3 is 0 Å². The second kappa shape index (κ2) is 5.48. The number of hydrogen-bond acceptors (Lipinski definition) is 3. The van der Waals surface area contributed by atoms with Crippen LogP contribution in [-0.2, 0) is 0 Å². The first-order chi connectivity index (χ1) is 8.58. The zero-order valence-electron chi connectivity index (χ0n) is 11.1. The number of rotatable bonds is 2. The molecule has 2 unspecified atom stereocenters. The van der Waals surface area contributed by atoms with Crippen molar-refractivity contribution in [2.24, 2.45) is 5.73 Å². The van der Waals surface area contributed by atoms with Crippen molar-refractivity contribution < 1.29 is 4.79 Å². The molecule has 1 aromatic rings. The van der Waals surface area contributed by atoms with E-state index in [1.165, 1.54) is 6.42 Å². The molecule has 98 valence electrons. The van der Waals surface area contributed by atoms with Gasteiger partial charge in [0, 0.05) is 17.8 Å². The fraction of sp³-hybridized carbons (Fsp3) is 0.571. The molecule has 1 saturated carbocycles. The summed E-state index contributed by atoms with van der Waals surface area (Å²) in [4.78, 5) is 16.5. The highest BCUT2D eigenvalue weighted by Crippen LogP contribution is 2.17. The number of nitrogens with one attached hydrogen (secondary N) is 1. The second-order valence-corrected chi connectivity index (χ2v) is 5.11. The van der Waals surface area contributed by atoms with Crippen LogP contribution in [0.3, 0.4) is 0 Å².